The van der Waals surface area contributed by atoms with Gasteiger partial charge < -0.3 is 0 Å². The van der Waals surface area contributed by atoms with Gasteiger partial charge in [-0.05, 0) is 12.1 Å². The molecule has 0 unspecified atom stereocenters. The lowest BCUT2D eigenvalue weighted by Crippen LogP contribution is -2.16. The van der Waals surface area contributed by atoms with Gasteiger partial charge in [-0.1, -0.05) is 11.6 Å². The molecule has 0 aromatic carbocycles. The van der Waals surface area contributed by atoms with Gasteiger partial charge >= 0.3 is 0 Å². The summed E-state index contributed by atoms with van der Waals surface area (Å²) in [5, 5.41) is 5.68. The zero-order valence-corrected chi connectivity index (χ0v) is 10.4. The number of anilines is 1. The average molecular weight is 287 g/mol. The first-order valence-electron chi connectivity index (χ1n) is 4.67. The van der Waals surface area contributed by atoms with Crippen LogP contribution in [-0.4, -0.2) is 23.6 Å². The molecule has 0 aliphatic carbocycles. The van der Waals surface area contributed by atoms with Gasteiger partial charge in [0.05, 0.1) is 5.02 Å². The maximum Gasteiger partial charge on any atom is 0.266 e. The SMILES string of the molecule is O=c1ccc(NS(=O)(=O)c2cnccc2Cl)n[nH]1. The monoisotopic (exact) mass is 286 g/mol. The van der Waals surface area contributed by atoms with Gasteiger partial charge in [0.15, 0.2) is 5.82 Å². The van der Waals surface area contributed by atoms with E-state index in [1.54, 1.807) is 0 Å². The highest BCUT2D eigenvalue weighted by molar-refractivity contribution is 7.92. The summed E-state index contributed by atoms with van der Waals surface area (Å²) in [5.41, 5.74) is -0.433. The van der Waals surface area contributed by atoms with E-state index in [0.29, 0.717) is 0 Å². The first-order valence-corrected chi connectivity index (χ1v) is 6.53. The number of H-pyrrole nitrogens is 1. The van der Waals surface area contributed by atoms with E-state index in [9.17, 15) is 13.2 Å². The van der Waals surface area contributed by atoms with Gasteiger partial charge in [-0.3, -0.25) is 14.5 Å². The largest absolute Gasteiger partial charge is 0.268 e. The number of rotatable bonds is 3. The van der Waals surface area contributed by atoms with Crippen LogP contribution in [0.4, 0.5) is 5.82 Å². The lowest BCUT2D eigenvalue weighted by atomic mass is 10.5. The van der Waals surface area contributed by atoms with E-state index in [-0.39, 0.29) is 15.7 Å². The Bertz CT molecular complexity index is 708. The number of hydrogen-bond donors (Lipinski definition) is 2. The van der Waals surface area contributed by atoms with E-state index >= 15 is 0 Å². The summed E-state index contributed by atoms with van der Waals surface area (Å²) in [7, 11) is -3.89. The number of aromatic nitrogens is 3. The molecular formula is C9H7ClN4O3S. The highest BCUT2D eigenvalue weighted by Gasteiger charge is 2.18. The standard InChI is InChI=1S/C9H7ClN4O3S/c10-6-3-4-11-5-7(6)18(16,17)14-8-1-2-9(15)13-12-8/h1-5H,(H,12,14)(H,13,15). The summed E-state index contributed by atoms with van der Waals surface area (Å²) in [4.78, 5) is 14.3. The van der Waals surface area contributed by atoms with Gasteiger partial charge in [-0.2, -0.15) is 5.10 Å². The van der Waals surface area contributed by atoms with Crippen molar-refractivity contribution >= 4 is 27.4 Å². The maximum atomic E-state index is 11.9. The number of aromatic amines is 1. The summed E-state index contributed by atoms with van der Waals surface area (Å²) in [5.74, 6) is -0.0190. The van der Waals surface area contributed by atoms with E-state index in [0.717, 1.165) is 12.3 Å². The molecule has 2 heterocycles. The van der Waals surface area contributed by atoms with Crippen molar-refractivity contribution in [3.05, 3.63) is 46.0 Å². The fourth-order valence-corrected chi connectivity index (χ4v) is 2.59. The van der Waals surface area contributed by atoms with E-state index in [2.05, 4.69) is 19.9 Å². The summed E-state index contributed by atoms with van der Waals surface area (Å²) in [6.45, 7) is 0. The molecule has 0 spiro atoms. The van der Waals surface area contributed by atoms with E-state index in [1.807, 2.05) is 0 Å². The number of halogens is 1. The number of sulfonamides is 1. The quantitative estimate of drug-likeness (QED) is 0.860. The smallest absolute Gasteiger partial charge is 0.266 e. The van der Waals surface area contributed by atoms with Crippen LogP contribution >= 0.6 is 11.6 Å². The van der Waals surface area contributed by atoms with E-state index in [1.165, 1.54) is 18.3 Å². The fourth-order valence-electron chi connectivity index (χ4n) is 1.15. The molecule has 18 heavy (non-hydrogen) atoms. The molecule has 0 aliphatic rings. The van der Waals surface area contributed by atoms with Crippen molar-refractivity contribution in [2.24, 2.45) is 0 Å². The zero-order valence-electron chi connectivity index (χ0n) is 8.79. The van der Waals surface area contributed by atoms with E-state index in [4.69, 9.17) is 11.6 Å². The van der Waals surface area contributed by atoms with Gasteiger partial charge in [0.1, 0.15) is 4.90 Å². The molecule has 2 aromatic rings. The number of hydrogen-bond acceptors (Lipinski definition) is 5. The second kappa shape index (κ2) is 4.75. The maximum absolute atomic E-state index is 11.9. The summed E-state index contributed by atoms with van der Waals surface area (Å²) < 4.78 is 26.0. The second-order valence-electron chi connectivity index (χ2n) is 3.22. The Kier molecular flexibility index (Phi) is 3.30. The van der Waals surface area contributed by atoms with Crippen LogP contribution in [-0.2, 0) is 10.0 Å². The first kappa shape index (κ1) is 12.5. The molecule has 9 heteroatoms. The summed E-state index contributed by atoms with van der Waals surface area (Å²) in [6, 6.07) is 3.74. The Morgan fingerprint density at radius 3 is 2.67 bits per heavy atom. The molecule has 0 aliphatic heterocycles. The third kappa shape index (κ3) is 2.66. The van der Waals surface area contributed by atoms with Crippen LogP contribution in [0.3, 0.4) is 0 Å². The molecule has 0 saturated heterocycles. The van der Waals surface area contributed by atoms with Gasteiger partial charge in [-0.15, -0.1) is 0 Å². The second-order valence-corrected chi connectivity index (χ2v) is 5.28. The van der Waals surface area contributed by atoms with Crippen molar-refractivity contribution in [2.45, 2.75) is 4.90 Å². The minimum Gasteiger partial charge on any atom is -0.268 e. The van der Waals surface area contributed by atoms with Crippen molar-refractivity contribution in [1.82, 2.24) is 15.2 Å². The zero-order chi connectivity index (χ0) is 13.2. The number of nitrogens with zero attached hydrogens (tertiary/aromatic N) is 2. The lowest BCUT2D eigenvalue weighted by Gasteiger charge is -2.07. The molecule has 0 amide bonds. The molecule has 2 aromatic heterocycles. The van der Waals surface area contributed by atoms with Crippen LogP contribution < -0.4 is 10.3 Å². The normalized spacial score (nSPS) is 11.2. The van der Waals surface area contributed by atoms with Crippen molar-refractivity contribution in [3.8, 4) is 0 Å². The Labute approximate surface area is 107 Å². The molecule has 0 saturated carbocycles. The van der Waals surface area contributed by atoms with E-state index < -0.39 is 15.6 Å². The summed E-state index contributed by atoms with van der Waals surface area (Å²) >= 11 is 5.76. The highest BCUT2D eigenvalue weighted by atomic mass is 35.5. The third-order valence-electron chi connectivity index (χ3n) is 1.94. The first-order chi connectivity index (χ1) is 8.49. The Balaban J connectivity index is 2.36. The third-order valence-corrected chi connectivity index (χ3v) is 3.77. The van der Waals surface area contributed by atoms with Crippen molar-refractivity contribution in [1.29, 1.82) is 0 Å². The van der Waals surface area contributed by atoms with Crippen LogP contribution in [0.1, 0.15) is 0 Å². The molecule has 7 nitrogen and oxygen atoms in total. The molecule has 2 rings (SSSR count). The minimum absolute atomic E-state index is 0.0190. The van der Waals surface area contributed by atoms with Gasteiger partial charge in [0.25, 0.3) is 15.6 Å². The molecule has 94 valence electrons. The predicted octanol–water partition coefficient (Wildman–Crippen LogP) is 0.619. The average Bonchev–Trinajstić information content (AvgIpc) is 2.32. The molecule has 0 fully saturated rings. The minimum atomic E-state index is -3.89. The Morgan fingerprint density at radius 1 is 1.28 bits per heavy atom. The van der Waals surface area contributed by atoms with Crippen molar-refractivity contribution in [3.63, 3.8) is 0 Å². The van der Waals surface area contributed by atoms with Crippen molar-refractivity contribution < 1.29 is 8.42 Å². The van der Waals surface area contributed by atoms with Crippen LogP contribution in [0.2, 0.25) is 5.02 Å². The van der Waals surface area contributed by atoms with Gasteiger partial charge in [0, 0.05) is 18.5 Å². The van der Waals surface area contributed by atoms with Crippen LogP contribution in [0.15, 0.2) is 40.3 Å². The fraction of sp³-hybridized carbons (Fsp3) is 0. The Morgan fingerprint density at radius 2 is 2.06 bits per heavy atom. The van der Waals surface area contributed by atoms with Crippen molar-refractivity contribution in [2.75, 3.05) is 4.72 Å². The van der Waals surface area contributed by atoms with Crippen LogP contribution in [0.25, 0.3) is 0 Å². The molecule has 2 N–H and O–H groups in total. The van der Waals surface area contributed by atoms with Crippen LogP contribution in [0, 0.1) is 0 Å². The molecule has 0 radical (unpaired) electrons. The molecule has 0 atom stereocenters. The molecular weight excluding hydrogens is 280 g/mol. The highest BCUT2D eigenvalue weighted by Crippen LogP contribution is 2.20. The molecule has 0 bridgehead atoms. The van der Waals surface area contributed by atoms with Crippen LogP contribution in [0.5, 0.6) is 0 Å². The topological polar surface area (TPSA) is 105 Å². The Hall–Kier alpha value is -1.93. The lowest BCUT2D eigenvalue weighted by molar-refractivity contribution is 0.600. The number of pyridine rings is 1. The predicted molar refractivity (Wildman–Crippen MR) is 64.9 cm³/mol. The van der Waals surface area contributed by atoms with Gasteiger partial charge in [0.2, 0.25) is 0 Å². The number of nitrogens with one attached hydrogen (secondary N) is 2. The summed E-state index contributed by atoms with van der Waals surface area (Å²) in [6.07, 6.45) is 2.50. The van der Waals surface area contributed by atoms with Gasteiger partial charge in [-0.25, -0.2) is 13.5 Å².